The third-order valence-corrected chi connectivity index (χ3v) is 5.86. The van der Waals surface area contributed by atoms with Crippen molar-refractivity contribution in [3.63, 3.8) is 0 Å². The molecule has 1 amide bonds. The van der Waals surface area contributed by atoms with E-state index in [1.54, 1.807) is 0 Å². The van der Waals surface area contributed by atoms with E-state index in [4.69, 9.17) is 9.26 Å². The summed E-state index contributed by atoms with van der Waals surface area (Å²) in [5.41, 5.74) is 5.34. The first-order valence-electron chi connectivity index (χ1n) is 12.1. The predicted octanol–water partition coefficient (Wildman–Crippen LogP) is 6.06. The molecular formula is C27H43N3O3. The van der Waals surface area contributed by atoms with E-state index < -0.39 is 5.60 Å². The van der Waals surface area contributed by atoms with E-state index in [1.807, 2.05) is 39.8 Å². The maximum atomic E-state index is 12.2. The second kappa shape index (κ2) is 12.2. The highest BCUT2D eigenvalue weighted by molar-refractivity contribution is 5.83. The van der Waals surface area contributed by atoms with Gasteiger partial charge < -0.3 is 19.5 Å². The van der Waals surface area contributed by atoms with Crippen molar-refractivity contribution in [2.75, 3.05) is 27.2 Å². The SMILES string of the molecule is CC(C)=CCc1ccc2c(CCC3CCN(C(=O)OC(C)(C)C)CC3)noc2c1C.CNC. The van der Waals surface area contributed by atoms with Crippen molar-refractivity contribution in [3.8, 4) is 0 Å². The van der Waals surface area contributed by atoms with E-state index in [0.717, 1.165) is 61.9 Å². The minimum absolute atomic E-state index is 0.192. The number of carbonyl (C=O) groups is 1. The summed E-state index contributed by atoms with van der Waals surface area (Å²) >= 11 is 0. The summed E-state index contributed by atoms with van der Waals surface area (Å²) in [5, 5.41) is 8.27. The number of aryl methyl sites for hydroxylation is 2. The minimum atomic E-state index is -0.439. The molecule has 3 rings (SSSR count). The van der Waals surface area contributed by atoms with Crippen molar-refractivity contribution >= 4 is 17.1 Å². The highest BCUT2D eigenvalue weighted by atomic mass is 16.6. The van der Waals surface area contributed by atoms with Crippen LogP contribution in [0.4, 0.5) is 4.79 Å². The average molecular weight is 458 g/mol. The van der Waals surface area contributed by atoms with Crippen LogP contribution in [0.1, 0.15) is 70.7 Å². The number of carbonyl (C=O) groups excluding carboxylic acids is 1. The van der Waals surface area contributed by atoms with Crippen LogP contribution in [0.5, 0.6) is 0 Å². The summed E-state index contributed by atoms with van der Waals surface area (Å²) in [6.07, 6.45) is 7.00. The molecule has 0 spiro atoms. The standard InChI is InChI=1S/C25H36N2O3.C2H7N/c1-17(2)7-9-20-10-11-21-22(26-30-23(21)18(20)3)12-8-19-13-15-27(16-14-19)24(28)29-25(4,5)6;1-3-2/h7,10-11,19H,8-9,12-16H2,1-6H3;3H,1-2H3. The van der Waals surface area contributed by atoms with Crippen LogP contribution < -0.4 is 5.32 Å². The summed E-state index contributed by atoms with van der Waals surface area (Å²) in [4.78, 5) is 14.1. The molecule has 1 N–H and O–H groups in total. The molecule has 1 fully saturated rings. The van der Waals surface area contributed by atoms with Crippen LogP contribution >= 0.6 is 0 Å². The Labute approximate surface area is 199 Å². The van der Waals surface area contributed by atoms with E-state index in [2.05, 4.69) is 49.5 Å². The normalized spacial score (nSPS) is 14.6. The number of aromatic nitrogens is 1. The first-order valence-corrected chi connectivity index (χ1v) is 12.1. The fraction of sp³-hybridized carbons (Fsp3) is 0.630. The van der Waals surface area contributed by atoms with Crippen LogP contribution in [0.2, 0.25) is 0 Å². The molecule has 6 nitrogen and oxygen atoms in total. The molecule has 0 bridgehead atoms. The van der Waals surface area contributed by atoms with Gasteiger partial charge in [0.05, 0.1) is 5.69 Å². The number of piperidine rings is 1. The molecule has 0 unspecified atom stereocenters. The van der Waals surface area contributed by atoms with Gasteiger partial charge in [0, 0.05) is 18.5 Å². The smallest absolute Gasteiger partial charge is 0.410 e. The Morgan fingerprint density at radius 1 is 1.24 bits per heavy atom. The second-order valence-corrected chi connectivity index (χ2v) is 10.3. The first kappa shape index (κ1) is 26.9. The Balaban J connectivity index is 0.00000122. The van der Waals surface area contributed by atoms with Crippen molar-refractivity contribution in [1.29, 1.82) is 0 Å². The molecule has 0 saturated carbocycles. The summed E-state index contributed by atoms with van der Waals surface area (Å²) in [6, 6.07) is 4.37. The number of amides is 1. The number of likely N-dealkylation sites (tertiary alicyclic amines) is 1. The van der Waals surface area contributed by atoms with Crippen molar-refractivity contribution in [2.45, 2.75) is 79.2 Å². The van der Waals surface area contributed by atoms with Crippen LogP contribution in [-0.2, 0) is 17.6 Å². The van der Waals surface area contributed by atoms with Crippen LogP contribution in [0, 0.1) is 12.8 Å². The third kappa shape index (κ3) is 8.18. The van der Waals surface area contributed by atoms with Gasteiger partial charge in [0.1, 0.15) is 5.60 Å². The van der Waals surface area contributed by atoms with Crippen LogP contribution in [-0.4, -0.2) is 48.9 Å². The Morgan fingerprint density at radius 3 is 2.45 bits per heavy atom. The Hall–Kier alpha value is -2.34. The molecule has 1 saturated heterocycles. The van der Waals surface area contributed by atoms with Crippen LogP contribution in [0.15, 0.2) is 28.3 Å². The number of nitrogens with one attached hydrogen (secondary N) is 1. The lowest BCUT2D eigenvalue weighted by Crippen LogP contribution is -2.41. The van der Waals surface area contributed by atoms with Crippen molar-refractivity contribution in [3.05, 3.63) is 40.6 Å². The van der Waals surface area contributed by atoms with Gasteiger partial charge >= 0.3 is 6.09 Å². The predicted molar refractivity (Wildman–Crippen MR) is 136 cm³/mol. The summed E-state index contributed by atoms with van der Waals surface area (Å²) in [5.74, 6) is 0.605. The van der Waals surface area contributed by atoms with Crippen LogP contribution in [0.25, 0.3) is 11.0 Å². The van der Waals surface area contributed by atoms with Crippen molar-refractivity contribution < 1.29 is 14.1 Å². The fourth-order valence-corrected chi connectivity index (χ4v) is 4.01. The molecule has 1 aromatic carbocycles. The van der Waals surface area contributed by atoms with Gasteiger partial charge in [0.15, 0.2) is 5.58 Å². The molecule has 2 aromatic rings. The quantitative estimate of drug-likeness (QED) is 0.553. The summed E-state index contributed by atoms with van der Waals surface area (Å²) < 4.78 is 11.2. The summed E-state index contributed by atoms with van der Waals surface area (Å²) in [7, 11) is 3.75. The van der Waals surface area contributed by atoms with Crippen LogP contribution in [0.3, 0.4) is 0 Å². The summed E-state index contributed by atoms with van der Waals surface area (Å²) in [6.45, 7) is 13.6. The zero-order valence-electron chi connectivity index (χ0n) is 21.9. The second-order valence-electron chi connectivity index (χ2n) is 10.3. The number of rotatable bonds is 5. The number of ether oxygens (including phenoxy) is 1. The van der Waals surface area contributed by atoms with Gasteiger partial charge in [-0.15, -0.1) is 0 Å². The monoisotopic (exact) mass is 457 g/mol. The van der Waals surface area contributed by atoms with E-state index in [1.165, 1.54) is 16.7 Å². The van der Waals surface area contributed by atoms with Crippen molar-refractivity contribution in [1.82, 2.24) is 15.4 Å². The molecule has 6 heteroatoms. The van der Waals surface area contributed by atoms with E-state index in [0.29, 0.717) is 5.92 Å². The zero-order valence-corrected chi connectivity index (χ0v) is 21.9. The highest BCUT2D eigenvalue weighted by Crippen LogP contribution is 2.29. The Kier molecular flexibility index (Phi) is 9.96. The molecule has 1 aliphatic heterocycles. The van der Waals surface area contributed by atoms with E-state index >= 15 is 0 Å². The number of hydrogen-bond acceptors (Lipinski definition) is 5. The minimum Gasteiger partial charge on any atom is -0.444 e. The largest absolute Gasteiger partial charge is 0.444 e. The lowest BCUT2D eigenvalue weighted by Gasteiger charge is -2.33. The van der Waals surface area contributed by atoms with Gasteiger partial charge in [-0.2, -0.15) is 0 Å². The number of allylic oxidation sites excluding steroid dienone is 2. The van der Waals surface area contributed by atoms with Gasteiger partial charge in [-0.05, 0) is 111 Å². The number of hydrogen-bond donors (Lipinski definition) is 1. The zero-order chi connectivity index (χ0) is 24.6. The molecule has 33 heavy (non-hydrogen) atoms. The fourth-order valence-electron chi connectivity index (χ4n) is 4.01. The van der Waals surface area contributed by atoms with Crippen molar-refractivity contribution in [2.24, 2.45) is 5.92 Å². The van der Waals surface area contributed by atoms with Gasteiger partial charge in [0.2, 0.25) is 0 Å². The third-order valence-electron chi connectivity index (χ3n) is 5.86. The molecule has 0 atom stereocenters. The maximum Gasteiger partial charge on any atom is 0.410 e. The Morgan fingerprint density at radius 2 is 1.88 bits per heavy atom. The number of fused-ring (bicyclic) bond motifs is 1. The molecule has 184 valence electrons. The molecule has 1 aromatic heterocycles. The van der Waals surface area contributed by atoms with E-state index in [9.17, 15) is 4.79 Å². The molecular weight excluding hydrogens is 414 g/mol. The molecule has 0 radical (unpaired) electrons. The number of benzene rings is 1. The molecule has 2 heterocycles. The van der Waals surface area contributed by atoms with Gasteiger partial charge in [-0.1, -0.05) is 22.9 Å². The van der Waals surface area contributed by atoms with Gasteiger partial charge in [-0.3, -0.25) is 0 Å². The lowest BCUT2D eigenvalue weighted by molar-refractivity contribution is 0.0181. The first-order chi connectivity index (χ1) is 15.6. The molecule has 1 aliphatic rings. The average Bonchev–Trinajstić information content (AvgIpc) is 3.15. The van der Waals surface area contributed by atoms with Gasteiger partial charge in [0.25, 0.3) is 0 Å². The maximum absolute atomic E-state index is 12.2. The van der Waals surface area contributed by atoms with Gasteiger partial charge in [-0.25, -0.2) is 4.79 Å². The highest BCUT2D eigenvalue weighted by Gasteiger charge is 2.27. The Bertz CT molecular complexity index is 928. The number of nitrogens with zero attached hydrogens (tertiary/aromatic N) is 2. The molecule has 0 aliphatic carbocycles. The lowest BCUT2D eigenvalue weighted by atomic mass is 9.91. The van der Waals surface area contributed by atoms with E-state index in [-0.39, 0.29) is 6.09 Å². The topological polar surface area (TPSA) is 67.6 Å².